The highest BCUT2D eigenvalue weighted by molar-refractivity contribution is 5.59. The summed E-state index contributed by atoms with van der Waals surface area (Å²) in [5.74, 6) is 0.432. The van der Waals surface area contributed by atoms with Crippen LogP contribution < -0.4 is 0 Å². The van der Waals surface area contributed by atoms with Gasteiger partial charge in [0.25, 0.3) is 0 Å². The first-order valence-electron chi connectivity index (χ1n) is 4.79. The fraction of sp³-hybridized carbons (Fsp3) is 0.300. The van der Waals surface area contributed by atoms with E-state index in [0.29, 0.717) is 23.4 Å². The first kappa shape index (κ1) is 9.76. The lowest BCUT2D eigenvalue weighted by atomic mass is 10.0. The first-order chi connectivity index (χ1) is 7.33. The minimum atomic E-state index is -0.986. The molecular formula is C10H11FN4. The summed E-state index contributed by atoms with van der Waals surface area (Å²) < 4.78 is 13.6. The Kier molecular flexibility index (Phi) is 2.71. The molecule has 78 valence electrons. The van der Waals surface area contributed by atoms with E-state index in [1.54, 1.807) is 25.1 Å². The lowest BCUT2D eigenvalue weighted by molar-refractivity contribution is 0.335. The number of hydrogen-bond donors (Lipinski definition) is 1. The monoisotopic (exact) mass is 206 g/mol. The molecule has 2 rings (SSSR count). The number of hydrogen-bond acceptors (Lipinski definition) is 3. The van der Waals surface area contributed by atoms with Gasteiger partial charge >= 0.3 is 0 Å². The van der Waals surface area contributed by atoms with Crippen LogP contribution in [-0.2, 0) is 0 Å². The summed E-state index contributed by atoms with van der Waals surface area (Å²) in [6.07, 6.45) is -0.547. The number of alkyl halides is 1. The molecule has 0 bridgehead atoms. The number of aromatic amines is 1. The molecule has 0 saturated heterocycles. The average Bonchev–Trinajstić information content (AvgIpc) is 2.81. The molecule has 1 aromatic heterocycles. The van der Waals surface area contributed by atoms with Gasteiger partial charge in [-0.1, -0.05) is 31.2 Å². The standard InChI is InChI=1S/C10H11FN4/c1-2-9(11)7-5-3-4-6-8(7)10-12-14-15-13-10/h3-6,9H,2H2,1H3,(H,12,13,14,15). The molecule has 0 aliphatic rings. The molecule has 0 saturated carbocycles. The predicted molar refractivity (Wildman–Crippen MR) is 53.8 cm³/mol. The van der Waals surface area contributed by atoms with Crippen LogP contribution in [-0.4, -0.2) is 20.6 Å². The van der Waals surface area contributed by atoms with Crippen molar-refractivity contribution in [1.29, 1.82) is 0 Å². The summed E-state index contributed by atoms with van der Waals surface area (Å²) in [5.41, 5.74) is 1.31. The smallest absolute Gasteiger partial charge is 0.205 e. The molecule has 5 heteroatoms. The Morgan fingerprint density at radius 1 is 1.40 bits per heavy atom. The molecule has 1 heterocycles. The minimum Gasteiger partial charge on any atom is -0.242 e. The Morgan fingerprint density at radius 3 is 2.87 bits per heavy atom. The van der Waals surface area contributed by atoms with Gasteiger partial charge in [-0.2, -0.15) is 5.21 Å². The maximum atomic E-state index is 13.6. The van der Waals surface area contributed by atoms with Gasteiger partial charge in [0.2, 0.25) is 5.82 Å². The van der Waals surface area contributed by atoms with Gasteiger partial charge < -0.3 is 0 Å². The SMILES string of the molecule is CCC(F)c1ccccc1-c1nn[nH]n1. The maximum absolute atomic E-state index is 13.6. The van der Waals surface area contributed by atoms with E-state index in [2.05, 4.69) is 20.6 Å². The predicted octanol–water partition coefficient (Wildman–Crippen LogP) is 2.29. The van der Waals surface area contributed by atoms with Crippen molar-refractivity contribution < 1.29 is 4.39 Å². The Hall–Kier alpha value is -1.78. The molecule has 0 fully saturated rings. The number of tetrazole rings is 1. The van der Waals surface area contributed by atoms with E-state index in [0.717, 1.165) is 0 Å². The summed E-state index contributed by atoms with van der Waals surface area (Å²) in [7, 11) is 0. The van der Waals surface area contributed by atoms with Gasteiger partial charge in [0.05, 0.1) is 0 Å². The molecular weight excluding hydrogens is 195 g/mol. The first-order valence-corrected chi connectivity index (χ1v) is 4.79. The summed E-state index contributed by atoms with van der Waals surface area (Å²) in [6.45, 7) is 1.80. The second-order valence-electron chi connectivity index (χ2n) is 3.20. The van der Waals surface area contributed by atoms with Crippen LogP contribution in [0.2, 0.25) is 0 Å². The largest absolute Gasteiger partial charge is 0.242 e. The van der Waals surface area contributed by atoms with E-state index in [9.17, 15) is 4.39 Å². The molecule has 15 heavy (non-hydrogen) atoms. The van der Waals surface area contributed by atoms with E-state index >= 15 is 0 Å². The maximum Gasteiger partial charge on any atom is 0.205 e. The highest BCUT2D eigenvalue weighted by Crippen LogP contribution is 2.29. The number of rotatable bonds is 3. The second-order valence-corrected chi connectivity index (χ2v) is 3.20. The fourth-order valence-electron chi connectivity index (χ4n) is 1.47. The van der Waals surface area contributed by atoms with Gasteiger partial charge in [-0.15, -0.1) is 10.2 Å². The van der Waals surface area contributed by atoms with E-state index in [1.165, 1.54) is 0 Å². The van der Waals surface area contributed by atoms with Crippen LogP contribution in [0.25, 0.3) is 11.4 Å². The average molecular weight is 206 g/mol. The van der Waals surface area contributed by atoms with Crippen LogP contribution in [0.5, 0.6) is 0 Å². The van der Waals surface area contributed by atoms with Gasteiger partial charge in [-0.25, -0.2) is 4.39 Å². The molecule has 1 atom stereocenters. The van der Waals surface area contributed by atoms with E-state index in [1.807, 2.05) is 6.07 Å². The lowest BCUT2D eigenvalue weighted by Crippen LogP contribution is -1.94. The molecule has 4 nitrogen and oxygen atoms in total. The number of halogens is 1. The quantitative estimate of drug-likeness (QED) is 0.838. The number of H-pyrrole nitrogens is 1. The number of benzene rings is 1. The lowest BCUT2D eigenvalue weighted by Gasteiger charge is -2.08. The molecule has 1 unspecified atom stereocenters. The van der Waals surface area contributed by atoms with Crippen LogP contribution in [0, 0.1) is 0 Å². The van der Waals surface area contributed by atoms with Crippen LogP contribution in [0.1, 0.15) is 25.1 Å². The highest BCUT2D eigenvalue weighted by Gasteiger charge is 2.15. The zero-order valence-corrected chi connectivity index (χ0v) is 8.31. The molecule has 0 amide bonds. The van der Waals surface area contributed by atoms with Crippen LogP contribution in [0.3, 0.4) is 0 Å². The van der Waals surface area contributed by atoms with Gasteiger partial charge in [0, 0.05) is 5.56 Å². The van der Waals surface area contributed by atoms with Crippen molar-refractivity contribution in [2.75, 3.05) is 0 Å². The normalized spacial score (nSPS) is 12.7. The summed E-state index contributed by atoms with van der Waals surface area (Å²) in [5, 5.41) is 13.5. The van der Waals surface area contributed by atoms with Crippen LogP contribution >= 0.6 is 0 Å². The topological polar surface area (TPSA) is 54.5 Å². The number of nitrogens with zero attached hydrogens (tertiary/aromatic N) is 3. The Labute approximate surface area is 86.5 Å². The van der Waals surface area contributed by atoms with Crippen LogP contribution in [0.15, 0.2) is 24.3 Å². The molecule has 0 radical (unpaired) electrons. The minimum absolute atomic E-state index is 0.432. The van der Waals surface area contributed by atoms with Crippen molar-refractivity contribution >= 4 is 0 Å². The second kappa shape index (κ2) is 4.16. The van der Waals surface area contributed by atoms with Crippen molar-refractivity contribution in [2.24, 2.45) is 0 Å². The zero-order chi connectivity index (χ0) is 10.7. The third kappa shape index (κ3) is 1.86. The van der Waals surface area contributed by atoms with E-state index in [4.69, 9.17) is 0 Å². The van der Waals surface area contributed by atoms with Crippen molar-refractivity contribution in [1.82, 2.24) is 20.6 Å². The van der Waals surface area contributed by atoms with Crippen molar-refractivity contribution in [3.05, 3.63) is 29.8 Å². The molecule has 1 aromatic carbocycles. The van der Waals surface area contributed by atoms with Crippen molar-refractivity contribution in [3.63, 3.8) is 0 Å². The molecule has 0 aliphatic carbocycles. The van der Waals surface area contributed by atoms with Crippen molar-refractivity contribution in [2.45, 2.75) is 19.5 Å². The van der Waals surface area contributed by atoms with Gasteiger partial charge in [0.1, 0.15) is 6.17 Å². The Bertz CT molecular complexity index is 427. The third-order valence-corrected chi connectivity index (χ3v) is 2.24. The fourth-order valence-corrected chi connectivity index (χ4v) is 1.47. The summed E-state index contributed by atoms with van der Waals surface area (Å²) >= 11 is 0. The van der Waals surface area contributed by atoms with E-state index < -0.39 is 6.17 Å². The van der Waals surface area contributed by atoms with Crippen LogP contribution in [0.4, 0.5) is 4.39 Å². The van der Waals surface area contributed by atoms with Crippen molar-refractivity contribution in [3.8, 4) is 11.4 Å². The molecule has 0 spiro atoms. The highest BCUT2D eigenvalue weighted by atomic mass is 19.1. The Balaban J connectivity index is 2.47. The number of aromatic nitrogens is 4. The number of nitrogens with one attached hydrogen (secondary N) is 1. The van der Waals surface area contributed by atoms with Gasteiger partial charge in [-0.3, -0.25) is 0 Å². The molecule has 1 N–H and O–H groups in total. The zero-order valence-electron chi connectivity index (χ0n) is 8.31. The van der Waals surface area contributed by atoms with E-state index in [-0.39, 0.29) is 0 Å². The Morgan fingerprint density at radius 2 is 2.20 bits per heavy atom. The molecule has 2 aromatic rings. The molecule has 0 aliphatic heterocycles. The third-order valence-electron chi connectivity index (χ3n) is 2.24. The summed E-state index contributed by atoms with van der Waals surface area (Å²) in [4.78, 5) is 0. The van der Waals surface area contributed by atoms with Gasteiger partial charge in [-0.05, 0) is 17.2 Å². The van der Waals surface area contributed by atoms with Gasteiger partial charge in [0.15, 0.2) is 0 Å². The summed E-state index contributed by atoms with van der Waals surface area (Å²) in [6, 6.07) is 7.18.